The number of carbonyl (C=O) groups excluding carboxylic acids is 2. The van der Waals surface area contributed by atoms with Crippen molar-refractivity contribution in [3.8, 4) is 5.75 Å². The lowest BCUT2D eigenvalue weighted by atomic mass is 9.95. The van der Waals surface area contributed by atoms with Crippen LogP contribution in [0.3, 0.4) is 0 Å². The highest BCUT2D eigenvalue weighted by Crippen LogP contribution is 2.27. The zero-order valence-electron chi connectivity index (χ0n) is 17.8. The summed E-state index contributed by atoms with van der Waals surface area (Å²) >= 11 is 6.07. The van der Waals surface area contributed by atoms with Gasteiger partial charge in [-0.3, -0.25) is 14.3 Å². The number of aromatic nitrogens is 2. The van der Waals surface area contributed by atoms with Gasteiger partial charge in [0.25, 0.3) is 5.91 Å². The lowest BCUT2D eigenvalue weighted by Crippen LogP contribution is -2.41. The number of benzene rings is 2. The fourth-order valence-corrected chi connectivity index (χ4v) is 4.12. The molecule has 0 bridgehead atoms. The summed E-state index contributed by atoms with van der Waals surface area (Å²) in [4.78, 5) is 27.7. The van der Waals surface area contributed by atoms with Crippen LogP contribution in [0.25, 0.3) is 0 Å². The Labute approximate surface area is 191 Å². The van der Waals surface area contributed by atoms with Gasteiger partial charge in [-0.25, -0.2) is 0 Å². The van der Waals surface area contributed by atoms with Crippen molar-refractivity contribution in [2.45, 2.75) is 19.4 Å². The standard InChI is InChI=1S/C24H25ClN4O3/c1-32-22-8-7-19(25)15-20(22)24(31)28-13-9-17(10-14-28)23(30)27-21-6-3-2-5-18(21)16-29-12-4-11-26-29/h2-8,11-12,15,17H,9-10,13-14,16H2,1H3,(H,27,30). The third-order valence-electron chi connectivity index (χ3n) is 5.71. The van der Waals surface area contributed by atoms with Gasteiger partial charge in [-0.2, -0.15) is 5.10 Å². The molecule has 32 heavy (non-hydrogen) atoms. The van der Waals surface area contributed by atoms with Crippen molar-refractivity contribution in [2.75, 3.05) is 25.5 Å². The minimum absolute atomic E-state index is 0.0228. The summed E-state index contributed by atoms with van der Waals surface area (Å²) in [6.45, 7) is 1.58. The third kappa shape index (κ3) is 4.94. The Balaban J connectivity index is 1.37. The zero-order chi connectivity index (χ0) is 22.5. The van der Waals surface area contributed by atoms with E-state index in [4.69, 9.17) is 16.3 Å². The predicted octanol–water partition coefficient (Wildman–Crippen LogP) is 4.08. The van der Waals surface area contributed by atoms with Crippen molar-refractivity contribution < 1.29 is 14.3 Å². The number of hydrogen-bond acceptors (Lipinski definition) is 4. The molecule has 0 radical (unpaired) electrons. The number of ether oxygens (including phenoxy) is 1. The molecule has 0 saturated carbocycles. The van der Waals surface area contributed by atoms with Gasteiger partial charge in [0.15, 0.2) is 0 Å². The Hall–Kier alpha value is -3.32. The number of para-hydroxylation sites is 1. The van der Waals surface area contributed by atoms with Gasteiger partial charge >= 0.3 is 0 Å². The first-order valence-electron chi connectivity index (χ1n) is 10.5. The minimum Gasteiger partial charge on any atom is -0.496 e. The van der Waals surface area contributed by atoms with Gasteiger partial charge in [0.1, 0.15) is 5.75 Å². The second-order valence-corrected chi connectivity index (χ2v) is 8.20. The van der Waals surface area contributed by atoms with Gasteiger partial charge in [0.2, 0.25) is 5.91 Å². The van der Waals surface area contributed by atoms with E-state index in [0.29, 0.717) is 48.8 Å². The molecule has 1 fully saturated rings. The summed E-state index contributed by atoms with van der Waals surface area (Å²) < 4.78 is 7.13. The Morgan fingerprint density at radius 1 is 1.16 bits per heavy atom. The summed E-state index contributed by atoms with van der Waals surface area (Å²) in [5.41, 5.74) is 2.22. The minimum atomic E-state index is -0.155. The maximum Gasteiger partial charge on any atom is 0.257 e. The first-order valence-corrected chi connectivity index (χ1v) is 10.9. The maximum absolute atomic E-state index is 13.0. The van der Waals surface area contributed by atoms with Gasteiger partial charge in [-0.05, 0) is 48.7 Å². The largest absolute Gasteiger partial charge is 0.496 e. The highest BCUT2D eigenvalue weighted by molar-refractivity contribution is 6.31. The first-order chi connectivity index (χ1) is 15.5. The molecule has 7 nitrogen and oxygen atoms in total. The molecule has 1 aliphatic heterocycles. The summed E-state index contributed by atoms with van der Waals surface area (Å²) in [7, 11) is 1.53. The average Bonchev–Trinajstić information content (AvgIpc) is 3.33. The highest BCUT2D eigenvalue weighted by atomic mass is 35.5. The Morgan fingerprint density at radius 2 is 1.94 bits per heavy atom. The van der Waals surface area contributed by atoms with Crippen LogP contribution in [0, 0.1) is 5.92 Å². The van der Waals surface area contributed by atoms with E-state index in [0.717, 1.165) is 11.3 Å². The van der Waals surface area contributed by atoms with Crippen molar-refractivity contribution in [1.82, 2.24) is 14.7 Å². The van der Waals surface area contributed by atoms with Crippen LogP contribution in [0.4, 0.5) is 5.69 Å². The monoisotopic (exact) mass is 452 g/mol. The van der Waals surface area contributed by atoms with Crippen LogP contribution in [0.5, 0.6) is 5.75 Å². The molecule has 2 heterocycles. The molecule has 1 aliphatic rings. The van der Waals surface area contributed by atoms with E-state index in [1.165, 1.54) is 7.11 Å². The number of rotatable bonds is 6. The number of nitrogens with zero attached hydrogens (tertiary/aromatic N) is 3. The topological polar surface area (TPSA) is 76.5 Å². The van der Waals surface area contributed by atoms with Crippen molar-refractivity contribution in [2.24, 2.45) is 5.92 Å². The fraction of sp³-hybridized carbons (Fsp3) is 0.292. The Bertz CT molecular complexity index is 1090. The van der Waals surface area contributed by atoms with Crippen LogP contribution >= 0.6 is 11.6 Å². The molecule has 0 atom stereocenters. The van der Waals surface area contributed by atoms with Crippen LogP contribution in [0.1, 0.15) is 28.8 Å². The van der Waals surface area contributed by atoms with Gasteiger partial charge in [0.05, 0.1) is 19.2 Å². The van der Waals surface area contributed by atoms with Crippen LogP contribution in [0.15, 0.2) is 60.9 Å². The number of hydrogen-bond donors (Lipinski definition) is 1. The van der Waals surface area contributed by atoms with Crippen LogP contribution < -0.4 is 10.1 Å². The van der Waals surface area contributed by atoms with E-state index >= 15 is 0 Å². The second kappa shape index (κ2) is 9.87. The highest BCUT2D eigenvalue weighted by Gasteiger charge is 2.29. The van der Waals surface area contributed by atoms with Gasteiger partial charge in [0, 0.05) is 42.1 Å². The normalized spacial score (nSPS) is 14.2. The predicted molar refractivity (Wildman–Crippen MR) is 123 cm³/mol. The van der Waals surface area contributed by atoms with E-state index in [9.17, 15) is 9.59 Å². The number of amides is 2. The molecule has 8 heteroatoms. The number of anilines is 1. The molecule has 2 aromatic carbocycles. The third-order valence-corrected chi connectivity index (χ3v) is 5.95. The fourth-order valence-electron chi connectivity index (χ4n) is 3.95. The molecule has 1 saturated heterocycles. The molecule has 0 spiro atoms. The Kier molecular flexibility index (Phi) is 6.75. The molecule has 166 valence electrons. The van der Waals surface area contributed by atoms with Crippen molar-refractivity contribution in [1.29, 1.82) is 0 Å². The molecule has 4 rings (SSSR count). The van der Waals surface area contributed by atoms with Gasteiger partial charge in [-0.1, -0.05) is 29.8 Å². The molecule has 1 N–H and O–H groups in total. The van der Waals surface area contributed by atoms with E-state index in [1.807, 2.05) is 41.2 Å². The number of halogens is 1. The molecular formula is C24H25ClN4O3. The molecule has 2 amide bonds. The van der Waals surface area contributed by atoms with Crippen molar-refractivity contribution >= 4 is 29.1 Å². The maximum atomic E-state index is 13.0. The van der Waals surface area contributed by atoms with E-state index in [2.05, 4.69) is 10.4 Å². The van der Waals surface area contributed by atoms with Gasteiger partial charge < -0.3 is 15.0 Å². The summed E-state index contributed by atoms with van der Waals surface area (Å²) in [6, 6.07) is 14.6. The number of carbonyl (C=O) groups is 2. The number of piperidine rings is 1. The molecule has 3 aromatic rings. The average molecular weight is 453 g/mol. The van der Waals surface area contributed by atoms with E-state index < -0.39 is 0 Å². The van der Waals surface area contributed by atoms with E-state index in [-0.39, 0.29) is 17.7 Å². The van der Waals surface area contributed by atoms with Crippen LogP contribution in [-0.4, -0.2) is 46.7 Å². The van der Waals surface area contributed by atoms with E-state index in [1.54, 1.807) is 29.3 Å². The van der Waals surface area contributed by atoms with Crippen LogP contribution in [0.2, 0.25) is 5.02 Å². The SMILES string of the molecule is COc1ccc(Cl)cc1C(=O)N1CCC(C(=O)Nc2ccccc2Cn2cccn2)CC1. The number of likely N-dealkylation sites (tertiary alicyclic amines) is 1. The first kappa shape index (κ1) is 21.9. The van der Waals surface area contributed by atoms with Crippen molar-refractivity contribution in [3.05, 3.63) is 77.1 Å². The van der Waals surface area contributed by atoms with Gasteiger partial charge in [-0.15, -0.1) is 0 Å². The molecule has 0 aliphatic carbocycles. The summed E-state index contributed by atoms with van der Waals surface area (Å²) in [5.74, 6) is 0.184. The quantitative estimate of drug-likeness (QED) is 0.611. The molecule has 0 unspecified atom stereocenters. The Morgan fingerprint density at radius 3 is 2.66 bits per heavy atom. The summed E-state index contributed by atoms with van der Waals surface area (Å²) in [5, 5.41) is 7.80. The van der Waals surface area contributed by atoms with Crippen LogP contribution in [-0.2, 0) is 11.3 Å². The smallest absolute Gasteiger partial charge is 0.257 e. The summed E-state index contributed by atoms with van der Waals surface area (Å²) in [6.07, 6.45) is 4.82. The molecule has 1 aromatic heterocycles. The zero-order valence-corrected chi connectivity index (χ0v) is 18.6. The number of methoxy groups -OCH3 is 1. The lowest BCUT2D eigenvalue weighted by molar-refractivity contribution is -0.121. The lowest BCUT2D eigenvalue weighted by Gasteiger charge is -2.32. The van der Waals surface area contributed by atoms with Crippen molar-refractivity contribution in [3.63, 3.8) is 0 Å². The number of nitrogens with one attached hydrogen (secondary N) is 1. The molecular weight excluding hydrogens is 428 g/mol. The second-order valence-electron chi connectivity index (χ2n) is 7.76.